The van der Waals surface area contributed by atoms with Crippen molar-refractivity contribution in [3.05, 3.63) is 15.8 Å². The molecular weight excluding hydrogens is 205 g/mol. The van der Waals surface area contributed by atoms with E-state index in [2.05, 4.69) is 9.72 Å². The van der Waals surface area contributed by atoms with Crippen molar-refractivity contribution in [3.8, 4) is 0 Å². The zero-order valence-corrected chi connectivity index (χ0v) is 9.37. The van der Waals surface area contributed by atoms with Crippen molar-refractivity contribution in [2.24, 2.45) is 0 Å². The minimum absolute atomic E-state index is 0.220. The van der Waals surface area contributed by atoms with Crippen molar-refractivity contribution in [1.29, 1.82) is 0 Å². The summed E-state index contributed by atoms with van der Waals surface area (Å²) in [5.74, 6) is -0.728. The monoisotopic (exact) mass is 217 g/mol. The van der Waals surface area contributed by atoms with Crippen LogP contribution in [0.5, 0.6) is 0 Å². The Bertz CT molecular complexity index is 354. The van der Waals surface area contributed by atoms with E-state index in [4.69, 9.17) is 0 Å². The average molecular weight is 217 g/mol. The molecule has 14 heavy (non-hydrogen) atoms. The van der Waals surface area contributed by atoms with Gasteiger partial charge >= 0.3 is 5.97 Å². The van der Waals surface area contributed by atoms with Gasteiger partial charge in [-0.3, -0.25) is 0 Å². The maximum Gasteiger partial charge on any atom is 0.360 e. The fourth-order valence-electron chi connectivity index (χ4n) is 0.845. The van der Waals surface area contributed by atoms with E-state index >= 15 is 0 Å². The lowest BCUT2D eigenvalue weighted by Crippen LogP contribution is -2.11. The van der Waals surface area contributed by atoms with Gasteiger partial charge in [-0.25, -0.2) is 9.78 Å². The Labute approximate surface area is 85.9 Å². The van der Waals surface area contributed by atoms with E-state index in [-0.39, 0.29) is 11.1 Å². The van der Waals surface area contributed by atoms with Crippen LogP contribution in [0.1, 0.15) is 36.3 Å². The van der Waals surface area contributed by atoms with Crippen LogP contribution in [0.25, 0.3) is 0 Å². The Morgan fingerprint density at radius 3 is 2.43 bits per heavy atom. The Hall–Kier alpha value is -0.970. The Balaban J connectivity index is 3.12. The molecule has 0 bridgehead atoms. The number of hydrogen-bond donors (Lipinski definition) is 0. The molecule has 1 aromatic heterocycles. The minimum atomic E-state index is -0.728. The van der Waals surface area contributed by atoms with Crippen molar-refractivity contribution in [2.75, 3.05) is 7.11 Å². The first-order valence-electron chi connectivity index (χ1n) is 4.11. The number of aromatic nitrogens is 1. The van der Waals surface area contributed by atoms with E-state index in [1.807, 2.05) is 20.8 Å². The highest BCUT2D eigenvalue weighted by atomic mass is 32.1. The number of rotatable bonds is 1. The molecule has 5 heteroatoms. The molecule has 0 unspecified atom stereocenters. The summed E-state index contributed by atoms with van der Waals surface area (Å²) in [7, 11) is 1.21. The molecule has 0 aromatic carbocycles. The molecule has 1 heterocycles. The van der Waals surface area contributed by atoms with Gasteiger partial charge in [0.05, 0.1) is 7.11 Å². The van der Waals surface area contributed by atoms with E-state index in [1.54, 1.807) is 0 Å². The van der Waals surface area contributed by atoms with E-state index < -0.39 is 11.1 Å². The summed E-state index contributed by atoms with van der Waals surface area (Å²) in [6, 6.07) is 0. The molecule has 0 radical (unpaired) electrons. The number of methoxy groups -OCH3 is 1. The molecule has 0 aliphatic rings. The molecule has 0 saturated carbocycles. The highest BCUT2D eigenvalue weighted by Crippen LogP contribution is 2.28. The predicted molar refractivity (Wildman–Crippen MR) is 52.1 cm³/mol. The maximum atomic E-state index is 13.2. The van der Waals surface area contributed by atoms with Crippen LogP contribution in [0.3, 0.4) is 0 Å². The summed E-state index contributed by atoms with van der Waals surface area (Å²) in [4.78, 5) is 15.0. The zero-order chi connectivity index (χ0) is 10.9. The summed E-state index contributed by atoms with van der Waals surface area (Å²) in [5, 5.41) is 0.0113. The smallest absolute Gasteiger partial charge is 0.360 e. The summed E-state index contributed by atoms with van der Waals surface area (Å²) in [6.45, 7) is 5.73. The first-order chi connectivity index (χ1) is 6.36. The Morgan fingerprint density at radius 2 is 2.07 bits per heavy atom. The Kier molecular flexibility index (Phi) is 2.89. The number of ether oxygens (including phenoxy) is 1. The van der Waals surface area contributed by atoms with Crippen LogP contribution in [0.2, 0.25) is 0 Å². The van der Waals surface area contributed by atoms with E-state index in [0.29, 0.717) is 5.01 Å². The lowest BCUT2D eigenvalue weighted by Gasteiger charge is -2.13. The highest BCUT2D eigenvalue weighted by molar-refractivity contribution is 7.10. The van der Waals surface area contributed by atoms with Gasteiger partial charge in [-0.05, 0) is 0 Å². The van der Waals surface area contributed by atoms with Gasteiger partial charge in [0.2, 0.25) is 5.13 Å². The second-order valence-electron chi connectivity index (χ2n) is 3.88. The number of carbonyl (C=O) groups excluding carboxylic acids is 1. The number of esters is 1. The summed E-state index contributed by atoms with van der Waals surface area (Å²) < 4.78 is 17.6. The molecule has 0 aliphatic heterocycles. The topological polar surface area (TPSA) is 39.2 Å². The molecule has 0 atom stereocenters. The average Bonchev–Trinajstić information content (AvgIpc) is 2.45. The van der Waals surface area contributed by atoms with Crippen molar-refractivity contribution in [1.82, 2.24) is 4.98 Å². The molecule has 0 spiro atoms. The molecule has 1 aromatic rings. The zero-order valence-electron chi connectivity index (χ0n) is 8.55. The SMILES string of the molecule is COC(=O)c1nc(C(C)(C)C)sc1F. The van der Waals surface area contributed by atoms with Crippen LogP contribution < -0.4 is 0 Å². The second kappa shape index (κ2) is 3.65. The second-order valence-corrected chi connectivity index (χ2v) is 4.83. The molecular formula is C9H12FNO2S. The fraction of sp³-hybridized carbons (Fsp3) is 0.556. The van der Waals surface area contributed by atoms with Crippen molar-refractivity contribution < 1.29 is 13.9 Å². The highest BCUT2D eigenvalue weighted by Gasteiger charge is 2.25. The molecule has 78 valence electrons. The molecule has 1 rings (SSSR count). The van der Waals surface area contributed by atoms with Gasteiger partial charge in [0, 0.05) is 5.41 Å². The van der Waals surface area contributed by atoms with E-state index in [9.17, 15) is 9.18 Å². The van der Waals surface area contributed by atoms with Crippen LogP contribution in [-0.4, -0.2) is 18.1 Å². The van der Waals surface area contributed by atoms with Gasteiger partial charge < -0.3 is 4.74 Å². The standard InChI is InChI=1S/C9H12FNO2S/c1-9(2,3)8-11-5(6(10)14-8)7(12)13-4/h1-4H3. The third-order valence-corrected chi connectivity index (χ3v) is 2.88. The molecule has 0 N–H and O–H groups in total. The van der Waals surface area contributed by atoms with Gasteiger partial charge in [-0.1, -0.05) is 32.1 Å². The van der Waals surface area contributed by atoms with Crippen molar-refractivity contribution >= 4 is 17.3 Å². The number of nitrogens with zero attached hydrogens (tertiary/aromatic N) is 1. The molecule has 0 saturated heterocycles. The lowest BCUT2D eigenvalue weighted by atomic mass is 9.98. The largest absolute Gasteiger partial charge is 0.464 e. The fourth-order valence-corrected chi connectivity index (χ4v) is 1.68. The number of carbonyl (C=O) groups is 1. The molecule has 0 amide bonds. The molecule has 3 nitrogen and oxygen atoms in total. The van der Waals surface area contributed by atoms with Gasteiger partial charge in [-0.15, -0.1) is 0 Å². The van der Waals surface area contributed by atoms with Gasteiger partial charge in [0.25, 0.3) is 0 Å². The van der Waals surface area contributed by atoms with Crippen LogP contribution in [-0.2, 0) is 10.2 Å². The van der Waals surface area contributed by atoms with Crippen LogP contribution in [0, 0.1) is 5.13 Å². The quantitative estimate of drug-likeness (QED) is 0.678. The first kappa shape index (κ1) is 11.1. The predicted octanol–water partition coefficient (Wildman–Crippen LogP) is 2.37. The maximum absolute atomic E-state index is 13.2. The first-order valence-corrected chi connectivity index (χ1v) is 4.93. The molecule has 0 aliphatic carbocycles. The summed E-state index contributed by atoms with van der Waals surface area (Å²) in [6.07, 6.45) is 0. The number of thiazole rings is 1. The molecule has 0 fully saturated rings. The third kappa shape index (κ3) is 2.09. The number of hydrogen-bond acceptors (Lipinski definition) is 4. The van der Waals surface area contributed by atoms with E-state index in [0.717, 1.165) is 11.3 Å². The number of halogens is 1. The summed E-state index contributed by atoms with van der Waals surface area (Å²) >= 11 is 0.886. The Morgan fingerprint density at radius 1 is 1.50 bits per heavy atom. The normalized spacial score (nSPS) is 11.5. The van der Waals surface area contributed by atoms with Gasteiger partial charge in [-0.2, -0.15) is 4.39 Å². The van der Waals surface area contributed by atoms with Crippen LogP contribution >= 0.6 is 11.3 Å². The lowest BCUT2D eigenvalue weighted by molar-refractivity contribution is 0.0589. The van der Waals surface area contributed by atoms with E-state index in [1.165, 1.54) is 7.11 Å². The van der Waals surface area contributed by atoms with Gasteiger partial charge in [0.15, 0.2) is 5.69 Å². The van der Waals surface area contributed by atoms with Crippen molar-refractivity contribution in [2.45, 2.75) is 26.2 Å². The third-order valence-electron chi connectivity index (χ3n) is 1.61. The van der Waals surface area contributed by atoms with Crippen LogP contribution in [0.15, 0.2) is 0 Å². The van der Waals surface area contributed by atoms with Crippen molar-refractivity contribution in [3.63, 3.8) is 0 Å². The van der Waals surface area contributed by atoms with Gasteiger partial charge in [0.1, 0.15) is 5.01 Å². The minimum Gasteiger partial charge on any atom is -0.464 e. The summed E-state index contributed by atoms with van der Waals surface area (Å²) in [5.41, 5.74) is -0.472. The van der Waals surface area contributed by atoms with Crippen LogP contribution in [0.4, 0.5) is 4.39 Å².